The van der Waals surface area contributed by atoms with Gasteiger partial charge in [-0.25, -0.2) is 4.79 Å². The first-order valence-electron chi connectivity index (χ1n) is 8.46. The Morgan fingerprint density at radius 1 is 1.17 bits per heavy atom. The van der Waals surface area contributed by atoms with E-state index in [2.05, 4.69) is 10.6 Å². The Hall–Kier alpha value is -1.59. The molecule has 2 fully saturated rings. The summed E-state index contributed by atoms with van der Waals surface area (Å²) in [4.78, 5) is 35.5. The molecule has 2 aliphatic rings. The average Bonchev–Trinajstić information content (AvgIpc) is 2.97. The van der Waals surface area contributed by atoms with E-state index < -0.39 is 23.6 Å². The third-order valence-electron chi connectivity index (χ3n) is 4.72. The SMILES string of the molecule is CC(OC(=O)CC1CC2CCC1C2)C(=O)NC(=O)NC(C)(C)C. The molecule has 0 aliphatic heterocycles. The molecule has 0 saturated heterocycles. The van der Waals surface area contributed by atoms with Crippen LogP contribution in [-0.4, -0.2) is 29.6 Å². The number of hydrogen-bond acceptors (Lipinski definition) is 4. The predicted octanol–water partition coefficient (Wildman–Crippen LogP) is 2.37. The number of esters is 1. The fourth-order valence-corrected chi connectivity index (χ4v) is 3.72. The first-order valence-corrected chi connectivity index (χ1v) is 8.46. The van der Waals surface area contributed by atoms with Crippen LogP contribution >= 0.6 is 0 Å². The highest BCUT2D eigenvalue weighted by Crippen LogP contribution is 2.49. The van der Waals surface area contributed by atoms with Gasteiger partial charge in [-0.1, -0.05) is 6.42 Å². The Bertz CT molecular complexity index is 483. The van der Waals surface area contributed by atoms with Crippen LogP contribution in [0.4, 0.5) is 4.79 Å². The molecule has 3 amide bonds. The minimum absolute atomic E-state index is 0.346. The van der Waals surface area contributed by atoms with Gasteiger partial charge in [0.05, 0.1) is 0 Å². The smallest absolute Gasteiger partial charge is 0.321 e. The molecule has 2 N–H and O–H groups in total. The Labute approximate surface area is 137 Å². The molecule has 23 heavy (non-hydrogen) atoms. The van der Waals surface area contributed by atoms with Crippen LogP contribution in [0.25, 0.3) is 0 Å². The summed E-state index contributed by atoms with van der Waals surface area (Å²) in [6.45, 7) is 6.93. The van der Waals surface area contributed by atoms with Crippen LogP contribution in [-0.2, 0) is 14.3 Å². The Morgan fingerprint density at radius 2 is 1.87 bits per heavy atom. The summed E-state index contributed by atoms with van der Waals surface area (Å²) >= 11 is 0. The zero-order valence-electron chi connectivity index (χ0n) is 14.5. The number of rotatable bonds is 4. The molecule has 0 aromatic carbocycles. The lowest BCUT2D eigenvalue weighted by atomic mass is 9.86. The van der Waals surface area contributed by atoms with Crippen molar-refractivity contribution in [1.82, 2.24) is 10.6 Å². The topological polar surface area (TPSA) is 84.5 Å². The number of carbonyl (C=O) groups excluding carboxylic acids is 3. The van der Waals surface area contributed by atoms with Gasteiger partial charge in [0, 0.05) is 12.0 Å². The van der Waals surface area contributed by atoms with Crippen LogP contribution in [0, 0.1) is 17.8 Å². The van der Waals surface area contributed by atoms with Crippen LogP contribution < -0.4 is 10.6 Å². The largest absolute Gasteiger partial charge is 0.453 e. The third kappa shape index (κ3) is 5.22. The molecular weight excluding hydrogens is 296 g/mol. The molecule has 6 nitrogen and oxygen atoms in total. The summed E-state index contributed by atoms with van der Waals surface area (Å²) in [5.41, 5.74) is -0.438. The van der Waals surface area contributed by atoms with Gasteiger partial charge in [0.1, 0.15) is 0 Å². The molecule has 2 rings (SSSR count). The average molecular weight is 324 g/mol. The van der Waals surface area contributed by atoms with Gasteiger partial charge in [-0.15, -0.1) is 0 Å². The van der Waals surface area contributed by atoms with Gasteiger partial charge in [-0.2, -0.15) is 0 Å². The molecule has 4 unspecified atom stereocenters. The lowest BCUT2D eigenvalue weighted by molar-refractivity contribution is -0.155. The van der Waals surface area contributed by atoms with E-state index in [1.54, 1.807) is 0 Å². The molecule has 0 aromatic heterocycles. The van der Waals surface area contributed by atoms with E-state index in [1.165, 1.54) is 26.2 Å². The van der Waals surface area contributed by atoms with Crippen molar-refractivity contribution in [1.29, 1.82) is 0 Å². The zero-order chi connectivity index (χ0) is 17.2. The summed E-state index contributed by atoms with van der Waals surface area (Å²) < 4.78 is 5.18. The van der Waals surface area contributed by atoms with Crippen molar-refractivity contribution in [2.75, 3.05) is 0 Å². The number of ether oxygens (including phenoxy) is 1. The Kier molecular flexibility index (Phi) is 5.32. The number of amides is 3. The minimum Gasteiger partial charge on any atom is -0.453 e. The molecule has 0 spiro atoms. The summed E-state index contributed by atoms with van der Waals surface area (Å²) in [6.07, 6.45) is 4.26. The quantitative estimate of drug-likeness (QED) is 0.778. The number of nitrogens with one attached hydrogen (secondary N) is 2. The van der Waals surface area contributed by atoms with Crippen molar-refractivity contribution >= 4 is 17.9 Å². The predicted molar refractivity (Wildman–Crippen MR) is 85.5 cm³/mol. The zero-order valence-corrected chi connectivity index (χ0v) is 14.5. The monoisotopic (exact) mass is 324 g/mol. The van der Waals surface area contributed by atoms with Crippen molar-refractivity contribution in [3.8, 4) is 0 Å². The van der Waals surface area contributed by atoms with E-state index in [-0.39, 0.29) is 5.97 Å². The van der Waals surface area contributed by atoms with Crippen LogP contribution in [0.2, 0.25) is 0 Å². The van der Waals surface area contributed by atoms with E-state index in [4.69, 9.17) is 4.74 Å². The molecule has 0 heterocycles. The maximum absolute atomic E-state index is 12.0. The van der Waals surface area contributed by atoms with E-state index in [0.29, 0.717) is 18.3 Å². The van der Waals surface area contributed by atoms with Crippen LogP contribution in [0.1, 0.15) is 59.8 Å². The van der Waals surface area contributed by atoms with E-state index in [1.807, 2.05) is 20.8 Å². The fourth-order valence-electron chi connectivity index (χ4n) is 3.72. The van der Waals surface area contributed by atoms with Gasteiger partial charge in [0.2, 0.25) is 0 Å². The molecule has 130 valence electrons. The highest BCUT2D eigenvalue weighted by atomic mass is 16.5. The van der Waals surface area contributed by atoms with Crippen molar-refractivity contribution in [3.05, 3.63) is 0 Å². The minimum atomic E-state index is -0.966. The molecule has 2 bridgehead atoms. The van der Waals surface area contributed by atoms with E-state index in [0.717, 1.165) is 12.3 Å². The van der Waals surface area contributed by atoms with Crippen LogP contribution in [0.5, 0.6) is 0 Å². The molecule has 2 aliphatic carbocycles. The normalized spacial score (nSPS) is 27.4. The highest BCUT2D eigenvalue weighted by molar-refractivity contribution is 5.97. The molecule has 0 radical (unpaired) electrons. The summed E-state index contributed by atoms with van der Waals surface area (Å²) in [7, 11) is 0. The number of hydrogen-bond donors (Lipinski definition) is 2. The van der Waals surface area contributed by atoms with Gasteiger partial charge in [0.15, 0.2) is 6.10 Å². The van der Waals surface area contributed by atoms with Crippen molar-refractivity contribution in [2.45, 2.75) is 71.4 Å². The lowest BCUT2D eigenvalue weighted by Crippen LogP contribution is -2.50. The number of carbonyl (C=O) groups is 3. The van der Waals surface area contributed by atoms with Crippen molar-refractivity contribution in [2.24, 2.45) is 17.8 Å². The van der Waals surface area contributed by atoms with Gasteiger partial charge < -0.3 is 10.1 Å². The fraction of sp³-hybridized carbons (Fsp3) is 0.824. The van der Waals surface area contributed by atoms with Gasteiger partial charge >= 0.3 is 12.0 Å². The Morgan fingerprint density at radius 3 is 2.39 bits per heavy atom. The summed E-state index contributed by atoms with van der Waals surface area (Å²) in [5, 5.41) is 4.82. The van der Waals surface area contributed by atoms with E-state index in [9.17, 15) is 14.4 Å². The molecular formula is C17H28N2O4. The van der Waals surface area contributed by atoms with Gasteiger partial charge in [-0.3, -0.25) is 14.9 Å². The van der Waals surface area contributed by atoms with Crippen LogP contribution in [0.15, 0.2) is 0 Å². The molecule has 0 aromatic rings. The number of imide groups is 1. The van der Waals surface area contributed by atoms with E-state index >= 15 is 0 Å². The maximum atomic E-state index is 12.0. The van der Waals surface area contributed by atoms with Crippen molar-refractivity contribution in [3.63, 3.8) is 0 Å². The lowest BCUT2D eigenvalue weighted by Gasteiger charge is -2.22. The van der Waals surface area contributed by atoms with Gasteiger partial charge in [0.25, 0.3) is 5.91 Å². The molecule has 6 heteroatoms. The summed E-state index contributed by atoms with van der Waals surface area (Å²) in [5.74, 6) is 0.879. The Balaban J connectivity index is 1.72. The molecule has 2 saturated carbocycles. The number of urea groups is 1. The second kappa shape index (κ2) is 6.89. The first kappa shape index (κ1) is 17.8. The second-order valence-corrected chi connectivity index (χ2v) is 7.96. The second-order valence-electron chi connectivity index (χ2n) is 7.96. The summed E-state index contributed by atoms with van der Waals surface area (Å²) in [6, 6.07) is -0.585. The van der Waals surface area contributed by atoms with Gasteiger partial charge in [-0.05, 0) is 64.7 Å². The highest BCUT2D eigenvalue weighted by Gasteiger charge is 2.40. The molecule has 4 atom stereocenters. The van der Waals surface area contributed by atoms with Crippen molar-refractivity contribution < 1.29 is 19.1 Å². The first-order chi connectivity index (χ1) is 10.6. The maximum Gasteiger partial charge on any atom is 0.321 e. The number of fused-ring (bicyclic) bond motifs is 2. The standard InChI is InChI=1S/C17H28N2O4/c1-10(15(21)18-16(22)19-17(2,3)4)23-14(20)9-13-8-11-5-6-12(13)7-11/h10-13H,5-9H2,1-4H3,(H2,18,19,21,22). The van der Waals surface area contributed by atoms with Crippen LogP contribution in [0.3, 0.4) is 0 Å². The third-order valence-corrected chi connectivity index (χ3v) is 4.72.